The first-order valence-electron chi connectivity index (χ1n) is 5.87. The molecular weight excluding hydrogens is 240 g/mol. The van der Waals surface area contributed by atoms with Crippen molar-refractivity contribution in [3.63, 3.8) is 0 Å². The minimum absolute atomic E-state index is 0.360. The highest BCUT2D eigenvalue weighted by Gasteiger charge is 2.43. The fraction of sp³-hybridized carbons (Fsp3) is 0.909. The second-order valence-electron chi connectivity index (χ2n) is 5.43. The summed E-state index contributed by atoms with van der Waals surface area (Å²) in [5.74, 6) is -0.452. The Labute approximate surface area is 103 Å². The van der Waals surface area contributed by atoms with Crippen LogP contribution in [0.4, 0.5) is 0 Å². The Morgan fingerprint density at radius 3 is 2.18 bits per heavy atom. The van der Waals surface area contributed by atoms with Gasteiger partial charge in [-0.1, -0.05) is 12.8 Å². The molecule has 1 amide bonds. The van der Waals surface area contributed by atoms with Gasteiger partial charge in [0.05, 0.1) is 5.54 Å². The molecule has 5 nitrogen and oxygen atoms in total. The van der Waals surface area contributed by atoms with E-state index in [4.69, 9.17) is 5.73 Å². The molecule has 0 spiro atoms. The molecule has 0 radical (unpaired) electrons. The summed E-state index contributed by atoms with van der Waals surface area (Å²) in [5, 5.41) is 2.85. The summed E-state index contributed by atoms with van der Waals surface area (Å²) in [6.07, 6.45) is 4.79. The Morgan fingerprint density at radius 2 is 1.82 bits per heavy atom. The van der Waals surface area contributed by atoms with Gasteiger partial charge in [0.1, 0.15) is 4.75 Å². The van der Waals surface area contributed by atoms with Gasteiger partial charge in [-0.25, -0.2) is 8.42 Å². The molecule has 100 valence electrons. The van der Waals surface area contributed by atoms with Crippen LogP contribution in [0.15, 0.2) is 0 Å². The first-order chi connectivity index (χ1) is 7.65. The number of nitrogens with one attached hydrogen (secondary N) is 1. The van der Waals surface area contributed by atoms with Gasteiger partial charge < -0.3 is 11.1 Å². The monoisotopic (exact) mass is 262 g/mol. The predicted molar refractivity (Wildman–Crippen MR) is 67.3 cm³/mol. The van der Waals surface area contributed by atoms with Crippen molar-refractivity contribution >= 4 is 15.7 Å². The van der Waals surface area contributed by atoms with Crippen LogP contribution in [0.25, 0.3) is 0 Å². The van der Waals surface area contributed by atoms with Gasteiger partial charge in [0.15, 0.2) is 9.84 Å². The van der Waals surface area contributed by atoms with Gasteiger partial charge >= 0.3 is 0 Å². The van der Waals surface area contributed by atoms with E-state index in [1.807, 2.05) is 0 Å². The zero-order valence-corrected chi connectivity index (χ0v) is 11.6. The molecule has 1 aliphatic carbocycles. The van der Waals surface area contributed by atoms with Crippen molar-refractivity contribution in [1.82, 2.24) is 5.32 Å². The molecular formula is C11H22N2O3S. The van der Waals surface area contributed by atoms with Crippen LogP contribution in [-0.2, 0) is 14.6 Å². The Kier molecular flexibility index (Phi) is 3.88. The highest BCUT2D eigenvalue weighted by molar-refractivity contribution is 7.92. The highest BCUT2D eigenvalue weighted by Crippen LogP contribution is 2.29. The molecule has 0 heterocycles. The molecule has 1 fully saturated rings. The van der Waals surface area contributed by atoms with Crippen LogP contribution in [0.5, 0.6) is 0 Å². The van der Waals surface area contributed by atoms with Crippen molar-refractivity contribution in [3.8, 4) is 0 Å². The van der Waals surface area contributed by atoms with E-state index in [1.54, 1.807) is 0 Å². The first-order valence-corrected chi connectivity index (χ1v) is 7.76. The maximum atomic E-state index is 12.1. The largest absolute Gasteiger partial charge is 0.348 e. The van der Waals surface area contributed by atoms with Crippen molar-refractivity contribution in [3.05, 3.63) is 0 Å². The number of carbonyl (C=O) groups excluding carboxylic acids is 1. The van der Waals surface area contributed by atoms with Crippen LogP contribution in [0.2, 0.25) is 0 Å². The van der Waals surface area contributed by atoms with Gasteiger partial charge in [0.2, 0.25) is 5.91 Å². The van der Waals surface area contributed by atoms with Crippen molar-refractivity contribution in [2.75, 3.05) is 12.8 Å². The van der Waals surface area contributed by atoms with E-state index in [2.05, 4.69) is 5.32 Å². The van der Waals surface area contributed by atoms with Gasteiger partial charge in [0, 0.05) is 12.8 Å². The Hall–Kier alpha value is -0.620. The molecule has 1 saturated carbocycles. The molecule has 0 bridgehead atoms. The maximum absolute atomic E-state index is 12.1. The second kappa shape index (κ2) is 4.57. The summed E-state index contributed by atoms with van der Waals surface area (Å²) in [5.41, 5.74) is 5.30. The van der Waals surface area contributed by atoms with E-state index < -0.39 is 26.0 Å². The SMILES string of the molecule is CC(C)(C(=O)NC1(CN)CCCC1)S(C)(=O)=O. The summed E-state index contributed by atoms with van der Waals surface area (Å²) in [7, 11) is -3.43. The van der Waals surface area contributed by atoms with Crippen LogP contribution < -0.4 is 11.1 Å². The van der Waals surface area contributed by atoms with Crippen LogP contribution in [-0.4, -0.2) is 37.4 Å². The standard InChI is InChI=1S/C11H22N2O3S/c1-10(2,17(3,15)16)9(14)13-11(8-12)6-4-5-7-11/h4-8,12H2,1-3H3,(H,13,14). The molecule has 0 atom stereocenters. The van der Waals surface area contributed by atoms with Crippen molar-refractivity contribution in [1.29, 1.82) is 0 Å². The van der Waals surface area contributed by atoms with Gasteiger partial charge in [0.25, 0.3) is 0 Å². The fourth-order valence-electron chi connectivity index (χ4n) is 1.99. The van der Waals surface area contributed by atoms with E-state index in [9.17, 15) is 13.2 Å². The molecule has 6 heteroatoms. The Bertz CT molecular complexity index is 395. The lowest BCUT2D eigenvalue weighted by molar-refractivity contribution is -0.124. The lowest BCUT2D eigenvalue weighted by atomic mass is 9.96. The summed E-state index contributed by atoms with van der Waals surface area (Å²) in [6, 6.07) is 0. The summed E-state index contributed by atoms with van der Waals surface area (Å²) >= 11 is 0. The average molecular weight is 262 g/mol. The number of nitrogens with two attached hydrogens (primary N) is 1. The summed E-state index contributed by atoms with van der Waals surface area (Å²) in [6.45, 7) is 3.21. The summed E-state index contributed by atoms with van der Waals surface area (Å²) in [4.78, 5) is 12.1. The minimum Gasteiger partial charge on any atom is -0.348 e. The van der Waals surface area contributed by atoms with Gasteiger partial charge in [-0.05, 0) is 26.7 Å². The van der Waals surface area contributed by atoms with Gasteiger partial charge in [-0.3, -0.25) is 4.79 Å². The van der Waals surface area contributed by atoms with Crippen molar-refractivity contribution < 1.29 is 13.2 Å². The lowest BCUT2D eigenvalue weighted by Crippen LogP contribution is -2.58. The zero-order valence-electron chi connectivity index (χ0n) is 10.7. The topological polar surface area (TPSA) is 89.3 Å². The quantitative estimate of drug-likeness (QED) is 0.757. The molecule has 0 unspecified atom stereocenters. The third kappa shape index (κ3) is 2.80. The third-order valence-electron chi connectivity index (χ3n) is 3.80. The predicted octanol–water partition coefficient (Wildman–Crippen LogP) is 0.197. The van der Waals surface area contributed by atoms with Gasteiger partial charge in [-0.15, -0.1) is 0 Å². The van der Waals surface area contributed by atoms with Crippen LogP contribution in [0.1, 0.15) is 39.5 Å². The fourth-order valence-corrected chi connectivity index (χ4v) is 2.38. The Balaban J connectivity index is 2.85. The smallest absolute Gasteiger partial charge is 0.241 e. The molecule has 0 saturated heterocycles. The van der Waals surface area contributed by atoms with E-state index >= 15 is 0 Å². The molecule has 0 aromatic rings. The molecule has 1 rings (SSSR count). The first kappa shape index (κ1) is 14.4. The number of rotatable bonds is 4. The second-order valence-corrected chi connectivity index (χ2v) is 7.99. The lowest BCUT2D eigenvalue weighted by Gasteiger charge is -2.32. The van der Waals surface area contributed by atoms with E-state index in [-0.39, 0.29) is 0 Å². The van der Waals surface area contributed by atoms with Gasteiger partial charge in [-0.2, -0.15) is 0 Å². The number of carbonyl (C=O) groups is 1. The van der Waals surface area contributed by atoms with Crippen molar-refractivity contribution in [2.24, 2.45) is 5.73 Å². The number of amides is 1. The molecule has 0 aliphatic heterocycles. The van der Waals surface area contributed by atoms with E-state index in [1.165, 1.54) is 13.8 Å². The molecule has 3 N–H and O–H groups in total. The number of hydrogen-bond acceptors (Lipinski definition) is 4. The molecule has 0 aromatic carbocycles. The zero-order chi connectivity index (χ0) is 13.3. The molecule has 17 heavy (non-hydrogen) atoms. The normalized spacial score (nSPS) is 20.2. The highest BCUT2D eigenvalue weighted by atomic mass is 32.2. The molecule has 1 aliphatic rings. The maximum Gasteiger partial charge on any atom is 0.241 e. The summed E-state index contributed by atoms with van der Waals surface area (Å²) < 4.78 is 21.7. The van der Waals surface area contributed by atoms with Crippen molar-refractivity contribution in [2.45, 2.75) is 49.8 Å². The average Bonchev–Trinajstić information content (AvgIpc) is 2.65. The van der Waals surface area contributed by atoms with Crippen LogP contribution >= 0.6 is 0 Å². The van der Waals surface area contributed by atoms with E-state index in [0.29, 0.717) is 6.54 Å². The molecule has 0 aromatic heterocycles. The minimum atomic E-state index is -3.43. The van der Waals surface area contributed by atoms with E-state index in [0.717, 1.165) is 31.9 Å². The number of sulfone groups is 1. The third-order valence-corrected chi connectivity index (χ3v) is 5.84. The Morgan fingerprint density at radius 1 is 1.35 bits per heavy atom. The van der Waals surface area contributed by atoms with Crippen LogP contribution in [0, 0.1) is 0 Å². The van der Waals surface area contributed by atoms with Crippen LogP contribution in [0.3, 0.4) is 0 Å². The number of hydrogen-bond donors (Lipinski definition) is 2.